The number of amides is 1. The minimum atomic E-state index is -1.00. The number of carbonyl (C=O) groups excluding carboxylic acids is 1. The molecule has 18 heavy (non-hydrogen) atoms. The summed E-state index contributed by atoms with van der Waals surface area (Å²) in [5.74, 6) is -0.953. The highest BCUT2D eigenvalue weighted by atomic mass is 16.4. The van der Waals surface area contributed by atoms with E-state index in [1.807, 2.05) is 0 Å². The van der Waals surface area contributed by atoms with Crippen molar-refractivity contribution in [3.05, 3.63) is 42.0 Å². The fourth-order valence-corrected chi connectivity index (χ4v) is 2.28. The van der Waals surface area contributed by atoms with Crippen LogP contribution in [0.5, 0.6) is 0 Å². The van der Waals surface area contributed by atoms with Crippen molar-refractivity contribution >= 4 is 17.6 Å². The first kappa shape index (κ1) is 12.4. The molecule has 1 aliphatic heterocycles. The van der Waals surface area contributed by atoms with Crippen molar-refractivity contribution in [3.63, 3.8) is 0 Å². The third-order valence-electron chi connectivity index (χ3n) is 3.24. The molecule has 0 saturated carbocycles. The molecule has 94 valence electrons. The molecule has 1 aromatic carbocycles. The molecule has 1 amide bonds. The van der Waals surface area contributed by atoms with Crippen LogP contribution in [0.25, 0.3) is 0 Å². The number of rotatable bonds is 3. The smallest absolute Gasteiger partial charge is 0.338 e. The maximum Gasteiger partial charge on any atom is 0.338 e. The molecule has 1 N–H and O–H groups in total. The van der Waals surface area contributed by atoms with Gasteiger partial charge in [-0.05, 0) is 18.6 Å². The van der Waals surface area contributed by atoms with Gasteiger partial charge < -0.3 is 10.0 Å². The van der Waals surface area contributed by atoms with Gasteiger partial charge in [-0.25, -0.2) is 4.79 Å². The molecule has 4 nitrogen and oxygen atoms in total. The van der Waals surface area contributed by atoms with Crippen LogP contribution in [0, 0.1) is 12.8 Å². The number of hydrogen-bond donors (Lipinski definition) is 1. The lowest BCUT2D eigenvalue weighted by molar-refractivity contribution is -0.117. The Balaban J connectivity index is 2.46. The third kappa shape index (κ3) is 2.01. The predicted molar refractivity (Wildman–Crippen MR) is 68.8 cm³/mol. The van der Waals surface area contributed by atoms with Crippen LogP contribution in [0.3, 0.4) is 0 Å². The summed E-state index contributed by atoms with van der Waals surface area (Å²) < 4.78 is 0. The summed E-state index contributed by atoms with van der Waals surface area (Å²) in [5, 5.41) is 9.26. The van der Waals surface area contributed by atoms with Gasteiger partial charge in [-0.15, -0.1) is 6.58 Å². The van der Waals surface area contributed by atoms with Crippen molar-refractivity contribution in [2.75, 3.05) is 11.4 Å². The molecule has 2 rings (SSSR count). The van der Waals surface area contributed by atoms with Gasteiger partial charge in [-0.1, -0.05) is 18.2 Å². The van der Waals surface area contributed by atoms with Crippen molar-refractivity contribution in [2.24, 2.45) is 5.92 Å². The van der Waals surface area contributed by atoms with Crippen molar-refractivity contribution in [2.45, 2.75) is 13.3 Å². The summed E-state index contributed by atoms with van der Waals surface area (Å²) in [6.45, 7) is 5.93. The maximum atomic E-state index is 11.9. The van der Waals surface area contributed by atoms with Gasteiger partial charge in [0.05, 0.1) is 11.3 Å². The van der Waals surface area contributed by atoms with Gasteiger partial charge in [-0.2, -0.15) is 0 Å². The third-order valence-corrected chi connectivity index (χ3v) is 3.24. The number of carboxylic acid groups (broad SMARTS) is 1. The van der Waals surface area contributed by atoms with Crippen LogP contribution in [0.4, 0.5) is 5.69 Å². The average Bonchev–Trinajstić information content (AvgIpc) is 2.69. The largest absolute Gasteiger partial charge is 0.478 e. The molecule has 1 unspecified atom stereocenters. The second kappa shape index (κ2) is 4.64. The number of hydrogen-bond acceptors (Lipinski definition) is 2. The normalized spacial score (nSPS) is 19.1. The van der Waals surface area contributed by atoms with Crippen LogP contribution in [0.2, 0.25) is 0 Å². The summed E-state index contributed by atoms with van der Waals surface area (Å²) in [6, 6.07) is 5.18. The first-order valence-corrected chi connectivity index (χ1v) is 5.80. The number of aryl methyl sites for hydroxylation is 1. The van der Waals surface area contributed by atoms with E-state index in [0.29, 0.717) is 24.2 Å². The predicted octanol–water partition coefficient (Wildman–Crippen LogP) is 2.23. The molecule has 0 bridgehead atoms. The van der Waals surface area contributed by atoms with E-state index < -0.39 is 5.97 Å². The number of nitrogens with zero attached hydrogens (tertiary/aromatic N) is 1. The molecule has 0 spiro atoms. The van der Waals surface area contributed by atoms with E-state index in [9.17, 15) is 14.7 Å². The van der Waals surface area contributed by atoms with E-state index in [2.05, 4.69) is 6.58 Å². The summed E-state index contributed by atoms with van der Waals surface area (Å²) in [7, 11) is 0. The zero-order chi connectivity index (χ0) is 13.3. The quantitative estimate of drug-likeness (QED) is 0.831. The van der Waals surface area contributed by atoms with Crippen molar-refractivity contribution < 1.29 is 14.7 Å². The lowest BCUT2D eigenvalue weighted by atomic mass is 10.1. The average molecular weight is 245 g/mol. The molecule has 1 atom stereocenters. The van der Waals surface area contributed by atoms with Crippen LogP contribution < -0.4 is 4.90 Å². The molecule has 4 heteroatoms. The number of benzene rings is 1. The van der Waals surface area contributed by atoms with Crippen LogP contribution in [-0.4, -0.2) is 23.5 Å². The molecule has 1 saturated heterocycles. The second-order valence-electron chi connectivity index (χ2n) is 4.48. The Hall–Kier alpha value is -2.10. The highest BCUT2D eigenvalue weighted by Crippen LogP contribution is 2.30. The van der Waals surface area contributed by atoms with E-state index in [4.69, 9.17) is 0 Å². The molecular formula is C14H15NO3. The maximum absolute atomic E-state index is 11.9. The highest BCUT2D eigenvalue weighted by molar-refractivity contribution is 6.04. The van der Waals surface area contributed by atoms with Gasteiger partial charge in [0.15, 0.2) is 0 Å². The highest BCUT2D eigenvalue weighted by Gasteiger charge is 2.31. The fourth-order valence-electron chi connectivity index (χ4n) is 2.28. The molecule has 0 radical (unpaired) electrons. The van der Waals surface area contributed by atoms with Gasteiger partial charge in [0.25, 0.3) is 0 Å². The Bertz CT molecular complexity index is 522. The van der Waals surface area contributed by atoms with Gasteiger partial charge in [0.1, 0.15) is 0 Å². The lowest BCUT2D eigenvalue weighted by Gasteiger charge is -2.19. The topological polar surface area (TPSA) is 57.6 Å². The van der Waals surface area contributed by atoms with Gasteiger partial charge >= 0.3 is 5.97 Å². The molecule has 1 heterocycles. The van der Waals surface area contributed by atoms with Gasteiger partial charge in [0, 0.05) is 18.9 Å². The number of anilines is 1. The minimum Gasteiger partial charge on any atom is -0.478 e. The standard InChI is InChI=1S/C14H15NO3/c1-3-10-7-12(16)15(8-10)11-6-4-5-9(2)13(11)14(17)18/h3-6,10H,1,7-8H2,2H3,(H,17,18). The van der Waals surface area contributed by atoms with E-state index >= 15 is 0 Å². The SMILES string of the molecule is C=CC1CC(=O)N(c2cccc(C)c2C(=O)O)C1. The first-order valence-electron chi connectivity index (χ1n) is 5.80. The Morgan fingerprint density at radius 3 is 2.83 bits per heavy atom. The Morgan fingerprint density at radius 1 is 1.56 bits per heavy atom. The van der Waals surface area contributed by atoms with Crippen molar-refractivity contribution in [1.82, 2.24) is 0 Å². The van der Waals surface area contributed by atoms with Crippen molar-refractivity contribution in [1.29, 1.82) is 0 Å². The Morgan fingerprint density at radius 2 is 2.28 bits per heavy atom. The molecule has 1 aromatic rings. The minimum absolute atomic E-state index is 0.0481. The van der Waals surface area contributed by atoms with Crippen molar-refractivity contribution in [3.8, 4) is 0 Å². The molecule has 0 aromatic heterocycles. The zero-order valence-corrected chi connectivity index (χ0v) is 10.2. The Kier molecular flexibility index (Phi) is 3.19. The summed E-state index contributed by atoms with van der Waals surface area (Å²) in [4.78, 5) is 24.8. The second-order valence-corrected chi connectivity index (χ2v) is 4.48. The zero-order valence-electron chi connectivity index (χ0n) is 10.2. The summed E-state index contributed by atoms with van der Waals surface area (Å²) >= 11 is 0. The molecule has 1 fully saturated rings. The molecular weight excluding hydrogens is 230 g/mol. The van der Waals surface area contributed by atoms with E-state index in [-0.39, 0.29) is 17.4 Å². The van der Waals surface area contributed by atoms with Crippen LogP contribution in [0.1, 0.15) is 22.3 Å². The molecule has 0 aliphatic carbocycles. The summed E-state index contributed by atoms with van der Waals surface area (Å²) in [6.07, 6.45) is 2.14. The van der Waals surface area contributed by atoms with Crippen LogP contribution in [0.15, 0.2) is 30.9 Å². The number of aromatic carboxylic acids is 1. The molecule has 1 aliphatic rings. The monoisotopic (exact) mass is 245 g/mol. The Labute approximate surface area is 106 Å². The van der Waals surface area contributed by atoms with E-state index in [1.165, 1.54) is 0 Å². The van der Waals surface area contributed by atoms with Crippen LogP contribution >= 0.6 is 0 Å². The van der Waals surface area contributed by atoms with E-state index in [0.717, 1.165) is 0 Å². The number of carbonyl (C=O) groups is 2. The van der Waals surface area contributed by atoms with E-state index in [1.54, 1.807) is 36.1 Å². The summed E-state index contributed by atoms with van der Waals surface area (Å²) in [5.41, 5.74) is 1.35. The lowest BCUT2D eigenvalue weighted by Crippen LogP contribution is -2.26. The number of carboxylic acids is 1. The first-order chi connectivity index (χ1) is 8.54. The van der Waals surface area contributed by atoms with Gasteiger partial charge in [0.2, 0.25) is 5.91 Å². The van der Waals surface area contributed by atoms with Crippen LogP contribution in [-0.2, 0) is 4.79 Å². The van der Waals surface area contributed by atoms with Gasteiger partial charge in [-0.3, -0.25) is 4.79 Å². The fraction of sp³-hybridized carbons (Fsp3) is 0.286.